The largest absolute Gasteiger partial charge is 0.320 e. The summed E-state index contributed by atoms with van der Waals surface area (Å²) in [5, 5.41) is -0.190. The van der Waals surface area contributed by atoms with Crippen LogP contribution in [-0.2, 0) is 10.0 Å². The molecule has 1 aromatic carbocycles. The Morgan fingerprint density at radius 2 is 2.00 bits per heavy atom. The van der Waals surface area contributed by atoms with E-state index in [0.29, 0.717) is 6.54 Å². The monoisotopic (exact) mass is 278 g/mol. The quantitative estimate of drug-likeness (QED) is 0.811. The first-order valence-corrected chi connectivity index (χ1v) is 7.87. The molecule has 1 unspecified atom stereocenters. The molecule has 1 aromatic rings. The van der Waals surface area contributed by atoms with E-state index in [0.717, 1.165) is 24.0 Å². The average molecular weight is 278 g/mol. The van der Waals surface area contributed by atoms with Gasteiger partial charge < -0.3 is 5.73 Å². The number of benzene rings is 1. The highest BCUT2D eigenvalue weighted by Crippen LogP contribution is 2.29. The van der Waals surface area contributed by atoms with Gasteiger partial charge >= 0.3 is 0 Å². The first kappa shape index (κ1) is 14.1. The minimum absolute atomic E-state index is 0.190. The lowest BCUT2D eigenvalue weighted by atomic mass is 10.1. The third-order valence-electron chi connectivity index (χ3n) is 3.05. The highest BCUT2D eigenvalue weighted by molar-refractivity contribution is 7.90. The lowest BCUT2D eigenvalue weighted by Crippen LogP contribution is -2.29. The molecule has 0 heterocycles. The van der Waals surface area contributed by atoms with E-state index in [4.69, 9.17) is 5.73 Å². The van der Waals surface area contributed by atoms with Crippen molar-refractivity contribution in [3.8, 4) is 11.8 Å². The molecule has 1 aliphatic carbocycles. The molecular formula is C14H18N2O2S. The Morgan fingerprint density at radius 1 is 1.37 bits per heavy atom. The Hall–Kier alpha value is -1.35. The summed E-state index contributed by atoms with van der Waals surface area (Å²) in [5.74, 6) is 5.71. The van der Waals surface area contributed by atoms with Crippen molar-refractivity contribution in [1.82, 2.24) is 4.72 Å². The lowest BCUT2D eigenvalue weighted by Gasteiger charge is -2.14. The van der Waals surface area contributed by atoms with Gasteiger partial charge in [0.25, 0.3) is 0 Å². The second kappa shape index (κ2) is 5.74. The first-order valence-electron chi connectivity index (χ1n) is 6.33. The molecule has 0 radical (unpaired) electrons. The summed E-state index contributed by atoms with van der Waals surface area (Å²) in [6, 6.07) is 7.31. The standard InChI is InChI=1S/C14H18N2O2S/c1-11(16-19(17,18)14-8-9-14)13-6-4-12(5-7-13)3-2-10-15/h4-7,11,14,16H,8-10,15H2,1H3. The van der Waals surface area contributed by atoms with Crippen LogP contribution in [0.2, 0.25) is 0 Å². The van der Waals surface area contributed by atoms with Gasteiger partial charge in [0.2, 0.25) is 10.0 Å². The molecule has 3 N–H and O–H groups in total. The van der Waals surface area contributed by atoms with Gasteiger partial charge in [-0.1, -0.05) is 24.0 Å². The first-order chi connectivity index (χ1) is 9.03. The summed E-state index contributed by atoms with van der Waals surface area (Å²) in [6.45, 7) is 2.18. The van der Waals surface area contributed by atoms with Gasteiger partial charge in [0.15, 0.2) is 0 Å². The van der Waals surface area contributed by atoms with Crippen molar-refractivity contribution in [3.63, 3.8) is 0 Å². The molecule has 0 saturated heterocycles. The summed E-state index contributed by atoms with van der Waals surface area (Å²) in [7, 11) is -3.15. The van der Waals surface area contributed by atoms with E-state index in [1.54, 1.807) is 0 Å². The van der Waals surface area contributed by atoms with Crippen LogP contribution in [0.5, 0.6) is 0 Å². The second-order valence-electron chi connectivity index (χ2n) is 4.71. The number of sulfonamides is 1. The number of hydrogen-bond donors (Lipinski definition) is 2. The zero-order valence-corrected chi connectivity index (χ0v) is 11.7. The van der Waals surface area contributed by atoms with Crippen LogP contribution in [0.15, 0.2) is 24.3 Å². The molecule has 0 bridgehead atoms. The number of hydrogen-bond acceptors (Lipinski definition) is 3. The molecule has 0 amide bonds. The molecule has 4 nitrogen and oxygen atoms in total. The predicted octanol–water partition coefficient (Wildman–Crippen LogP) is 1.14. The third kappa shape index (κ3) is 3.80. The van der Waals surface area contributed by atoms with E-state index in [-0.39, 0.29) is 11.3 Å². The molecule has 1 atom stereocenters. The van der Waals surface area contributed by atoms with Crippen LogP contribution in [0, 0.1) is 11.8 Å². The normalized spacial score (nSPS) is 16.5. The zero-order valence-electron chi connectivity index (χ0n) is 10.9. The molecule has 2 rings (SSSR count). The summed E-state index contributed by atoms with van der Waals surface area (Å²) < 4.78 is 26.4. The van der Waals surface area contributed by atoms with E-state index in [1.165, 1.54) is 0 Å². The maximum Gasteiger partial charge on any atom is 0.215 e. The van der Waals surface area contributed by atoms with Gasteiger partial charge in [-0.05, 0) is 37.5 Å². The predicted molar refractivity (Wildman–Crippen MR) is 75.9 cm³/mol. The summed E-state index contributed by atoms with van der Waals surface area (Å²) >= 11 is 0. The average Bonchev–Trinajstić information content (AvgIpc) is 3.21. The van der Waals surface area contributed by atoms with Crippen molar-refractivity contribution >= 4 is 10.0 Å². The van der Waals surface area contributed by atoms with Crippen LogP contribution in [0.4, 0.5) is 0 Å². The molecule has 1 aliphatic rings. The number of nitrogens with one attached hydrogen (secondary N) is 1. The Kier molecular flexibility index (Phi) is 4.25. The van der Waals surface area contributed by atoms with Gasteiger partial charge in [-0.2, -0.15) is 0 Å². The van der Waals surface area contributed by atoms with Crippen LogP contribution in [0.1, 0.15) is 36.9 Å². The maximum absolute atomic E-state index is 11.8. The van der Waals surface area contributed by atoms with Crippen LogP contribution in [-0.4, -0.2) is 20.2 Å². The molecular weight excluding hydrogens is 260 g/mol. The van der Waals surface area contributed by atoms with Gasteiger partial charge in [0.05, 0.1) is 11.8 Å². The van der Waals surface area contributed by atoms with Gasteiger partial charge in [-0.15, -0.1) is 0 Å². The SMILES string of the molecule is CC(NS(=O)(=O)C1CC1)c1ccc(C#CCN)cc1. The van der Waals surface area contributed by atoms with E-state index in [9.17, 15) is 8.42 Å². The van der Waals surface area contributed by atoms with Gasteiger partial charge in [-0.3, -0.25) is 0 Å². The molecule has 1 saturated carbocycles. The second-order valence-corrected chi connectivity index (χ2v) is 6.70. The number of rotatable bonds is 4. The van der Waals surface area contributed by atoms with Crippen molar-refractivity contribution in [2.45, 2.75) is 31.1 Å². The van der Waals surface area contributed by atoms with Crippen molar-refractivity contribution < 1.29 is 8.42 Å². The molecule has 0 spiro atoms. The highest BCUT2D eigenvalue weighted by Gasteiger charge is 2.36. The van der Waals surface area contributed by atoms with Crippen LogP contribution in [0.3, 0.4) is 0 Å². The van der Waals surface area contributed by atoms with Crippen molar-refractivity contribution in [1.29, 1.82) is 0 Å². The fraction of sp³-hybridized carbons (Fsp3) is 0.429. The van der Waals surface area contributed by atoms with Crippen LogP contribution in [0.25, 0.3) is 0 Å². The maximum atomic E-state index is 11.8. The molecule has 5 heteroatoms. The molecule has 19 heavy (non-hydrogen) atoms. The number of nitrogens with two attached hydrogens (primary N) is 1. The van der Waals surface area contributed by atoms with Crippen LogP contribution >= 0.6 is 0 Å². The fourth-order valence-electron chi connectivity index (χ4n) is 1.80. The minimum atomic E-state index is -3.15. The molecule has 1 fully saturated rings. The van der Waals surface area contributed by atoms with Crippen molar-refractivity contribution in [2.24, 2.45) is 5.73 Å². The summed E-state index contributed by atoms with van der Waals surface area (Å²) in [6.07, 6.45) is 1.55. The summed E-state index contributed by atoms with van der Waals surface area (Å²) in [4.78, 5) is 0. The van der Waals surface area contributed by atoms with E-state index < -0.39 is 10.0 Å². The minimum Gasteiger partial charge on any atom is -0.320 e. The topological polar surface area (TPSA) is 72.2 Å². The van der Waals surface area contributed by atoms with Crippen molar-refractivity contribution in [2.75, 3.05) is 6.54 Å². The molecule has 0 aliphatic heterocycles. The Labute approximate surface area is 114 Å². The third-order valence-corrected chi connectivity index (χ3v) is 5.08. The van der Waals surface area contributed by atoms with Gasteiger partial charge in [-0.25, -0.2) is 13.1 Å². The van der Waals surface area contributed by atoms with Gasteiger partial charge in [0, 0.05) is 11.6 Å². The fourth-order valence-corrected chi connectivity index (χ4v) is 3.38. The van der Waals surface area contributed by atoms with Crippen molar-refractivity contribution in [3.05, 3.63) is 35.4 Å². The smallest absolute Gasteiger partial charge is 0.215 e. The van der Waals surface area contributed by atoms with Crippen LogP contribution < -0.4 is 10.5 Å². The Bertz CT molecular complexity index is 593. The van der Waals surface area contributed by atoms with E-state index in [1.807, 2.05) is 31.2 Å². The Balaban J connectivity index is 2.05. The Morgan fingerprint density at radius 3 is 2.53 bits per heavy atom. The highest BCUT2D eigenvalue weighted by atomic mass is 32.2. The van der Waals surface area contributed by atoms with Gasteiger partial charge in [0.1, 0.15) is 0 Å². The molecule has 0 aromatic heterocycles. The molecule has 102 valence electrons. The lowest BCUT2D eigenvalue weighted by molar-refractivity contribution is 0.565. The van der Waals surface area contributed by atoms with E-state index in [2.05, 4.69) is 16.6 Å². The summed E-state index contributed by atoms with van der Waals surface area (Å²) in [5.41, 5.74) is 7.12. The van der Waals surface area contributed by atoms with E-state index >= 15 is 0 Å². The zero-order chi connectivity index (χ0) is 13.9.